The summed E-state index contributed by atoms with van der Waals surface area (Å²) >= 11 is 3.22. The molecule has 1 unspecified atom stereocenters. The summed E-state index contributed by atoms with van der Waals surface area (Å²) in [5.74, 6) is 1.22. The number of aliphatic hydroxyl groups excluding tert-OH is 1. The maximum absolute atomic E-state index is 12.3. The van der Waals surface area contributed by atoms with Crippen LogP contribution >= 0.6 is 15.9 Å². The minimum atomic E-state index is -3.63. The summed E-state index contributed by atoms with van der Waals surface area (Å²) in [6.45, 7) is 0.278. The molecule has 0 saturated heterocycles. The van der Waals surface area contributed by atoms with E-state index in [4.69, 9.17) is 9.47 Å². The lowest BCUT2D eigenvalue weighted by Gasteiger charge is -2.13. The predicted octanol–water partition coefficient (Wildman–Crippen LogP) is 2.58. The second kappa shape index (κ2) is 7.10. The molecule has 0 aromatic heterocycles. The summed E-state index contributed by atoms with van der Waals surface area (Å²) in [5, 5.41) is 10.2. The van der Waals surface area contributed by atoms with Gasteiger partial charge < -0.3 is 14.6 Å². The van der Waals surface area contributed by atoms with E-state index in [0.29, 0.717) is 21.5 Å². The van der Waals surface area contributed by atoms with Crippen molar-refractivity contribution in [3.63, 3.8) is 0 Å². The zero-order valence-electron chi connectivity index (χ0n) is 12.6. The Hall–Kier alpha value is -1.61. The molecule has 3 rings (SSSR count). The highest BCUT2D eigenvalue weighted by molar-refractivity contribution is 9.10. The first-order chi connectivity index (χ1) is 11.5. The molecule has 8 heteroatoms. The fraction of sp³-hybridized carbons (Fsp3) is 0.250. The van der Waals surface area contributed by atoms with E-state index in [0.717, 1.165) is 0 Å². The number of hydrogen-bond donors (Lipinski definition) is 2. The third-order valence-electron chi connectivity index (χ3n) is 3.62. The van der Waals surface area contributed by atoms with Crippen LogP contribution in [0.15, 0.2) is 51.8 Å². The van der Waals surface area contributed by atoms with Crippen LogP contribution in [0.2, 0.25) is 0 Å². The van der Waals surface area contributed by atoms with Gasteiger partial charge in [-0.25, -0.2) is 13.1 Å². The van der Waals surface area contributed by atoms with Crippen LogP contribution in [0.4, 0.5) is 0 Å². The Labute approximate surface area is 148 Å². The highest BCUT2D eigenvalue weighted by Crippen LogP contribution is 2.34. The normalized spacial score (nSPS) is 14.6. The summed E-state index contributed by atoms with van der Waals surface area (Å²) < 4.78 is 38.0. The smallest absolute Gasteiger partial charge is 0.241 e. The van der Waals surface area contributed by atoms with Gasteiger partial charge in [-0.05, 0) is 52.2 Å². The van der Waals surface area contributed by atoms with Gasteiger partial charge in [0.1, 0.15) is 0 Å². The largest absolute Gasteiger partial charge is 0.454 e. The highest BCUT2D eigenvalue weighted by Gasteiger charge is 2.19. The first-order valence-corrected chi connectivity index (χ1v) is 9.57. The molecule has 0 spiro atoms. The number of hydrogen-bond acceptors (Lipinski definition) is 5. The Morgan fingerprint density at radius 1 is 1.17 bits per heavy atom. The molecule has 0 bridgehead atoms. The molecule has 0 fully saturated rings. The van der Waals surface area contributed by atoms with Crippen molar-refractivity contribution < 1.29 is 23.0 Å². The minimum Gasteiger partial charge on any atom is -0.454 e. The van der Waals surface area contributed by atoms with E-state index in [2.05, 4.69) is 20.7 Å². The molecule has 6 nitrogen and oxygen atoms in total. The maximum atomic E-state index is 12.3. The van der Waals surface area contributed by atoms with Crippen LogP contribution in [0.5, 0.6) is 11.5 Å². The average Bonchev–Trinajstić information content (AvgIpc) is 3.02. The molecule has 0 amide bonds. The van der Waals surface area contributed by atoms with Crippen molar-refractivity contribution in [3.05, 3.63) is 52.5 Å². The molecule has 24 heavy (non-hydrogen) atoms. The third kappa shape index (κ3) is 3.72. The minimum absolute atomic E-state index is 0.110. The molecule has 2 N–H and O–H groups in total. The Morgan fingerprint density at radius 3 is 2.71 bits per heavy atom. The number of fused-ring (bicyclic) bond motifs is 1. The van der Waals surface area contributed by atoms with E-state index in [1.165, 1.54) is 6.07 Å². The lowest BCUT2D eigenvalue weighted by atomic mass is 10.1. The molecule has 0 radical (unpaired) electrons. The van der Waals surface area contributed by atoms with Gasteiger partial charge >= 0.3 is 0 Å². The predicted molar refractivity (Wildman–Crippen MR) is 91.5 cm³/mol. The van der Waals surface area contributed by atoms with Gasteiger partial charge in [0.25, 0.3) is 0 Å². The van der Waals surface area contributed by atoms with Crippen molar-refractivity contribution in [2.45, 2.75) is 17.4 Å². The van der Waals surface area contributed by atoms with E-state index >= 15 is 0 Å². The Bertz CT molecular complexity index is 840. The van der Waals surface area contributed by atoms with Crippen molar-refractivity contribution in [2.24, 2.45) is 0 Å². The zero-order chi connectivity index (χ0) is 17.2. The van der Waals surface area contributed by atoms with Gasteiger partial charge in [0, 0.05) is 11.0 Å². The molecule has 1 aliphatic rings. The molecule has 1 aliphatic heterocycles. The summed E-state index contributed by atoms with van der Waals surface area (Å²) in [7, 11) is -3.63. The molecule has 2 aromatic carbocycles. The summed E-state index contributed by atoms with van der Waals surface area (Å²) in [4.78, 5) is 0.169. The maximum Gasteiger partial charge on any atom is 0.241 e. The number of ether oxygens (including phenoxy) is 2. The zero-order valence-corrected chi connectivity index (χ0v) is 15.0. The molecule has 128 valence electrons. The van der Waals surface area contributed by atoms with E-state index < -0.39 is 16.1 Å². The van der Waals surface area contributed by atoms with E-state index in [1.807, 2.05) is 0 Å². The number of nitrogens with one attached hydrogen (secondary N) is 1. The van der Waals surface area contributed by atoms with Gasteiger partial charge in [-0.3, -0.25) is 0 Å². The Balaban J connectivity index is 1.61. The van der Waals surface area contributed by atoms with Crippen molar-refractivity contribution in [2.75, 3.05) is 13.3 Å². The van der Waals surface area contributed by atoms with Gasteiger partial charge in [-0.15, -0.1) is 0 Å². The van der Waals surface area contributed by atoms with Gasteiger partial charge in [0.05, 0.1) is 11.0 Å². The van der Waals surface area contributed by atoms with Crippen LogP contribution in [0, 0.1) is 0 Å². The number of halogens is 1. The van der Waals surface area contributed by atoms with Crippen LogP contribution in [0.3, 0.4) is 0 Å². The molecule has 1 heterocycles. The monoisotopic (exact) mass is 413 g/mol. The van der Waals surface area contributed by atoms with Crippen LogP contribution < -0.4 is 14.2 Å². The Morgan fingerprint density at radius 2 is 1.92 bits per heavy atom. The second-order valence-corrected chi connectivity index (χ2v) is 7.84. The highest BCUT2D eigenvalue weighted by atomic mass is 79.9. The first-order valence-electron chi connectivity index (χ1n) is 7.29. The quantitative estimate of drug-likeness (QED) is 0.759. The molecular weight excluding hydrogens is 398 g/mol. The topological polar surface area (TPSA) is 84.9 Å². The van der Waals surface area contributed by atoms with Crippen LogP contribution in [0.25, 0.3) is 0 Å². The van der Waals surface area contributed by atoms with Gasteiger partial charge in [-0.1, -0.05) is 18.2 Å². The van der Waals surface area contributed by atoms with Crippen molar-refractivity contribution in [1.82, 2.24) is 4.72 Å². The molecule has 2 aromatic rings. The van der Waals surface area contributed by atoms with Gasteiger partial charge in [-0.2, -0.15) is 0 Å². The standard InChI is InChI=1S/C16H16BrNO5S/c17-12-3-1-2-4-16(12)24(20,21)18-8-7-13(19)11-5-6-14-15(9-11)23-10-22-14/h1-6,9,13,18-19H,7-8,10H2. The lowest BCUT2D eigenvalue weighted by molar-refractivity contribution is 0.166. The number of rotatable bonds is 6. The lowest BCUT2D eigenvalue weighted by Crippen LogP contribution is -2.26. The average molecular weight is 414 g/mol. The molecular formula is C16H16BrNO5S. The number of sulfonamides is 1. The van der Waals surface area contributed by atoms with E-state index in [9.17, 15) is 13.5 Å². The van der Waals surface area contributed by atoms with Gasteiger partial charge in [0.2, 0.25) is 16.8 Å². The molecule has 0 saturated carbocycles. The first kappa shape index (κ1) is 17.2. The van der Waals surface area contributed by atoms with E-state index in [-0.39, 0.29) is 24.7 Å². The van der Waals surface area contributed by atoms with Crippen LogP contribution in [-0.4, -0.2) is 26.9 Å². The van der Waals surface area contributed by atoms with Gasteiger partial charge in [0.15, 0.2) is 11.5 Å². The molecule has 1 atom stereocenters. The van der Waals surface area contributed by atoms with Crippen LogP contribution in [-0.2, 0) is 10.0 Å². The second-order valence-electron chi connectivity index (χ2n) is 5.25. The Kier molecular flexibility index (Phi) is 5.09. The number of aliphatic hydroxyl groups is 1. The summed E-state index contributed by atoms with van der Waals surface area (Å²) in [5.41, 5.74) is 0.652. The molecule has 0 aliphatic carbocycles. The fourth-order valence-electron chi connectivity index (χ4n) is 2.36. The summed E-state index contributed by atoms with van der Waals surface area (Å²) in [6.07, 6.45) is -0.565. The van der Waals surface area contributed by atoms with Crippen molar-refractivity contribution in [3.8, 4) is 11.5 Å². The summed E-state index contributed by atoms with van der Waals surface area (Å²) in [6, 6.07) is 11.7. The van der Waals surface area contributed by atoms with E-state index in [1.54, 1.807) is 36.4 Å². The SMILES string of the molecule is O=S(=O)(NCCC(O)c1ccc2c(c1)OCO2)c1ccccc1Br. The third-order valence-corrected chi connectivity index (χ3v) is 6.09. The van der Waals surface area contributed by atoms with Crippen molar-refractivity contribution in [1.29, 1.82) is 0 Å². The fourth-order valence-corrected chi connectivity index (χ4v) is 4.41. The van der Waals surface area contributed by atoms with Crippen molar-refractivity contribution >= 4 is 26.0 Å². The van der Waals surface area contributed by atoms with Crippen LogP contribution in [0.1, 0.15) is 18.1 Å². The number of benzene rings is 2.